The average Bonchev–Trinajstić information content (AvgIpc) is 2.90. The van der Waals surface area contributed by atoms with E-state index in [1.54, 1.807) is 11.3 Å². The minimum absolute atomic E-state index is 0.290. The second-order valence-electron chi connectivity index (χ2n) is 5.47. The molecule has 3 N–H and O–H groups in total. The van der Waals surface area contributed by atoms with Crippen LogP contribution in [0.4, 0.5) is 0 Å². The maximum absolute atomic E-state index is 5.83. The van der Waals surface area contributed by atoms with E-state index >= 15 is 0 Å². The molecular formula is C15H21N3S3. The van der Waals surface area contributed by atoms with Crippen molar-refractivity contribution in [2.24, 2.45) is 5.84 Å². The predicted octanol–water partition coefficient (Wildman–Crippen LogP) is 3.30. The number of benzene rings is 1. The van der Waals surface area contributed by atoms with Gasteiger partial charge in [0.25, 0.3) is 0 Å². The van der Waals surface area contributed by atoms with Crippen molar-refractivity contribution in [1.29, 1.82) is 0 Å². The molecule has 0 spiro atoms. The Morgan fingerprint density at radius 1 is 1.33 bits per heavy atom. The van der Waals surface area contributed by atoms with Gasteiger partial charge in [-0.05, 0) is 12.1 Å². The van der Waals surface area contributed by atoms with E-state index in [0.717, 1.165) is 22.9 Å². The molecule has 4 atom stereocenters. The van der Waals surface area contributed by atoms with Gasteiger partial charge in [0.1, 0.15) is 0 Å². The molecule has 3 rings (SSSR count). The zero-order chi connectivity index (χ0) is 14.8. The number of aromatic nitrogens is 1. The molecule has 114 valence electrons. The van der Waals surface area contributed by atoms with Crippen LogP contribution in [0.15, 0.2) is 24.3 Å². The summed E-state index contributed by atoms with van der Waals surface area (Å²) >= 11 is 5.91. The lowest BCUT2D eigenvalue weighted by Gasteiger charge is -2.35. The number of nitrogens with zero attached hydrogens (tertiary/aromatic N) is 1. The fourth-order valence-corrected chi connectivity index (χ4v) is 6.65. The number of hydrogen-bond acceptors (Lipinski definition) is 6. The van der Waals surface area contributed by atoms with Gasteiger partial charge in [-0.15, -0.1) is 11.3 Å². The van der Waals surface area contributed by atoms with E-state index in [4.69, 9.17) is 10.8 Å². The van der Waals surface area contributed by atoms with Crippen LogP contribution < -0.4 is 11.3 Å². The molecule has 1 aromatic heterocycles. The van der Waals surface area contributed by atoms with Crippen molar-refractivity contribution < 1.29 is 0 Å². The molecule has 6 heteroatoms. The highest BCUT2D eigenvalue weighted by atomic mass is 32.2. The molecule has 0 saturated carbocycles. The smallest absolute Gasteiger partial charge is 0.0955 e. The van der Waals surface area contributed by atoms with Crippen molar-refractivity contribution in [2.45, 2.75) is 42.1 Å². The number of thiazole rings is 1. The van der Waals surface area contributed by atoms with Crippen LogP contribution in [0.3, 0.4) is 0 Å². The molecular weight excluding hydrogens is 318 g/mol. The Morgan fingerprint density at radius 3 is 2.86 bits per heavy atom. The Morgan fingerprint density at radius 2 is 2.14 bits per heavy atom. The second-order valence-corrected chi connectivity index (χ2v) is 9.62. The third-order valence-electron chi connectivity index (χ3n) is 3.97. The first-order valence-corrected chi connectivity index (χ1v) is 10.1. The summed E-state index contributed by atoms with van der Waals surface area (Å²) in [7, 11) is 0. The standard InChI is InChI=1S/C15H21N3S3/c1-9-10(2)20-14(8-19-9)12(18-16)7-15-17-11-5-3-4-6-13(11)21-15/h3-6,9-10,12,14,18H,7-8,16H2,1-2H3. The van der Waals surface area contributed by atoms with Crippen LogP contribution in [0.2, 0.25) is 0 Å². The van der Waals surface area contributed by atoms with E-state index in [-0.39, 0.29) is 6.04 Å². The number of fused-ring (bicyclic) bond motifs is 1. The van der Waals surface area contributed by atoms with E-state index in [1.165, 1.54) is 9.71 Å². The second kappa shape index (κ2) is 6.87. The Labute approximate surface area is 138 Å². The maximum Gasteiger partial charge on any atom is 0.0955 e. The topological polar surface area (TPSA) is 50.9 Å². The summed E-state index contributed by atoms with van der Waals surface area (Å²) in [4.78, 5) is 4.74. The molecule has 0 aliphatic carbocycles. The van der Waals surface area contributed by atoms with Crippen LogP contribution in [0, 0.1) is 0 Å². The normalized spacial score (nSPS) is 27.9. The van der Waals surface area contributed by atoms with Crippen molar-refractivity contribution in [3.63, 3.8) is 0 Å². The summed E-state index contributed by atoms with van der Waals surface area (Å²) < 4.78 is 1.26. The van der Waals surface area contributed by atoms with Crippen molar-refractivity contribution in [2.75, 3.05) is 5.75 Å². The van der Waals surface area contributed by atoms with Gasteiger partial charge in [0.05, 0.1) is 15.2 Å². The van der Waals surface area contributed by atoms with Crippen LogP contribution in [0.5, 0.6) is 0 Å². The van der Waals surface area contributed by atoms with Gasteiger partial charge >= 0.3 is 0 Å². The number of nitrogens with one attached hydrogen (secondary N) is 1. The highest BCUT2D eigenvalue weighted by Crippen LogP contribution is 2.37. The van der Waals surface area contributed by atoms with Crippen LogP contribution in [0.25, 0.3) is 10.2 Å². The lowest BCUT2D eigenvalue weighted by molar-refractivity contribution is 0.520. The van der Waals surface area contributed by atoms with Gasteiger partial charge in [0.15, 0.2) is 0 Å². The summed E-state index contributed by atoms with van der Waals surface area (Å²) in [6.45, 7) is 4.64. The van der Waals surface area contributed by atoms with Gasteiger partial charge in [0.2, 0.25) is 0 Å². The lowest BCUT2D eigenvalue weighted by atomic mass is 10.1. The molecule has 0 radical (unpaired) electrons. The fourth-order valence-electron chi connectivity index (χ4n) is 2.51. The van der Waals surface area contributed by atoms with Gasteiger partial charge < -0.3 is 0 Å². The molecule has 3 nitrogen and oxygen atoms in total. The van der Waals surface area contributed by atoms with E-state index in [9.17, 15) is 0 Å². The molecule has 1 aromatic carbocycles. The van der Waals surface area contributed by atoms with Gasteiger partial charge in [-0.3, -0.25) is 11.3 Å². The quantitative estimate of drug-likeness (QED) is 0.661. The fraction of sp³-hybridized carbons (Fsp3) is 0.533. The number of hydrazine groups is 1. The van der Waals surface area contributed by atoms with Gasteiger partial charge in [-0.2, -0.15) is 23.5 Å². The van der Waals surface area contributed by atoms with E-state index < -0.39 is 0 Å². The van der Waals surface area contributed by atoms with Crippen molar-refractivity contribution in [1.82, 2.24) is 10.4 Å². The van der Waals surface area contributed by atoms with Crippen LogP contribution in [-0.4, -0.2) is 32.5 Å². The van der Waals surface area contributed by atoms with Gasteiger partial charge in [-0.25, -0.2) is 4.98 Å². The summed E-state index contributed by atoms with van der Waals surface area (Å²) in [5.74, 6) is 6.99. The zero-order valence-electron chi connectivity index (χ0n) is 12.3. The van der Waals surface area contributed by atoms with Crippen molar-refractivity contribution in [3.8, 4) is 0 Å². The molecule has 1 saturated heterocycles. The Kier molecular flexibility index (Phi) is 5.11. The first-order chi connectivity index (χ1) is 10.2. The lowest BCUT2D eigenvalue weighted by Crippen LogP contribution is -2.47. The first-order valence-electron chi connectivity index (χ1n) is 7.25. The molecule has 0 bridgehead atoms. The number of nitrogens with two attached hydrogens (primary N) is 1. The highest BCUT2D eigenvalue weighted by molar-refractivity contribution is 8.07. The molecule has 1 aliphatic heterocycles. The molecule has 2 aromatic rings. The third-order valence-corrected chi connectivity index (χ3v) is 8.58. The van der Waals surface area contributed by atoms with E-state index in [2.05, 4.69) is 61.0 Å². The number of hydrogen-bond donors (Lipinski definition) is 2. The largest absolute Gasteiger partial charge is 0.271 e. The average molecular weight is 340 g/mol. The predicted molar refractivity (Wildman–Crippen MR) is 97.2 cm³/mol. The minimum atomic E-state index is 0.290. The van der Waals surface area contributed by atoms with Crippen LogP contribution >= 0.6 is 34.9 Å². The summed E-state index contributed by atoms with van der Waals surface area (Å²) in [6.07, 6.45) is 0.912. The Bertz CT molecular complexity index is 568. The SMILES string of the molecule is CC1SCC(C(Cc2nc3ccccc3s2)NN)SC1C. The molecule has 1 fully saturated rings. The van der Waals surface area contributed by atoms with Crippen molar-refractivity contribution >= 4 is 45.1 Å². The number of para-hydroxylation sites is 1. The Hall–Kier alpha value is -0.270. The molecule has 1 aliphatic rings. The minimum Gasteiger partial charge on any atom is -0.271 e. The zero-order valence-corrected chi connectivity index (χ0v) is 14.7. The molecule has 4 unspecified atom stereocenters. The Balaban J connectivity index is 1.72. The number of rotatable bonds is 4. The van der Waals surface area contributed by atoms with Crippen LogP contribution in [0.1, 0.15) is 18.9 Å². The van der Waals surface area contributed by atoms with Crippen LogP contribution in [-0.2, 0) is 6.42 Å². The summed E-state index contributed by atoms with van der Waals surface area (Å²) in [6, 6.07) is 8.62. The first kappa shape index (κ1) is 15.6. The molecule has 2 heterocycles. The number of thioether (sulfide) groups is 2. The molecule has 21 heavy (non-hydrogen) atoms. The highest BCUT2D eigenvalue weighted by Gasteiger charge is 2.31. The third kappa shape index (κ3) is 3.56. The van der Waals surface area contributed by atoms with E-state index in [0.29, 0.717) is 10.5 Å². The van der Waals surface area contributed by atoms with Gasteiger partial charge in [-0.1, -0.05) is 26.0 Å². The summed E-state index contributed by atoms with van der Waals surface area (Å²) in [5, 5.41) is 3.14. The maximum atomic E-state index is 5.83. The molecule has 0 amide bonds. The van der Waals surface area contributed by atoms with Crippen molar-refractivity contribution in [3.05, 3.63) is 29.3 Å². The van der Waals surface area contributed by atoms with Gasteiger partial charge in [0, 0.05) is 34.0 Å². The van der Waals surface area contributed by atoms with E-state index in [1.807, 2.05) is 6.07 Å². The monoisotopic (exact) mass is 339 g/mol. The summed E-state index contributed by atoms with van der Waals surface area (Å²) in [5.41, 5.74) is 4.13.